The molecule has 4 rings (SSSR count). The lowest BCUT2D eigenvalue weighted by atomic mass is 9.91. The molecule has 1 fully saturated rings. The fourth-order valence-electron chi connectivity index (χ4n) is 4.03. The molecule has 0 spiro atoms. The number of benzene rings is 3. The molecule has 7 heteroatoms. The Kier molecular flexibility index (Phi) is 6.51. The summed E-state index contributed by atoms with van der Waals surface area (Å²) in [5.74, 6) is -1.18. The van der Waals surface area contributed by atoms with E-state index in [9.17, 15) is 14.7 Å². The second-order valence-electron chi connectivity index (χ2n) is 7.75. The van der Waals surface area contributed by atoms with Crippen molar-refractivity contribution < 1.29 is 19.4 Å². The molecular formula is C25H21Cl2NO4. The summed E-state index contributed by atoms with van der Waals surface area (Å²) in [5.41, 5.74) is 2.68. The highest BCUT2D eigenvalue weighted by Crippen LogP contribution is 2.42. The first kappa shape index (κ1) is 22.3. The maximum atomic E-state index is 13.3. The Morgan fingerprint density at radius 3 is 2.16 bits per heavy atom. The minimum absolute atomic E-state index is 0.170. The van der Waals surface area contributed by atoms with Crippen LogP contribution in [0.3, 0.4) is 0 Å². The molecule has 0 aromatic heterocycles. The summed E-state index contributed by atoms with van der Waals surface area (Å²) in [6.07, 6.45) is -0.932. The van der Waals surface area contributed by atoms with Gasteiger partial charge in [0.1, 0.15) is 12.2 Å². The lowest BCUT2D eigenvalue weighted by Crippen LogP contribution is -2.49. The molecule has 3 aromatic carbocycles. The first-order valence-corrected chi connectivity index (χ1v) is 10.8. The number of hydrogen-bond donors (Lipinski definition) is 1. The fraction of sp³-hybridized carbons (Fsp3) is 0.200. The molecule has 0 radical (unpaired) electrons. The summed E-state index contributed by atoms with van der Waals surface area (Å²) in [7, 11) is 1.76. The molecule has 164 valence electrons. The molecule has 5 nitrogen and oxygen atoms in total. The Morgan fingerprint density at radius 1 is 0.969 bits per heavy atom. The van der Waals surface area contributed by atoms with Gasteiger partial charge in [0, 0.05) is 23.5 Å². The topological polar surface area (TPSA) is 66.8 Å². The molecule has 1 N–H and O–H groups in total. The number of hydrogen-bond acceptors (Lipinski definition) is 3. The van der Waals surface area contributed by atoms with Gasteiger partial charge in [0.25, 0.3) is 5.91 Å². The van der Waals surface area contributed by atoms with Crippen molar-refractivity contribution in [2.45, 2.75) is 24.7 Å². The molecule has 1 heterocycles. The summed E-state index contributed by atoms with van der Waals surface area (Å²) in [5, 5.41) is 10.5. The number of carboxylic acids is 1. The molecular weight excluding hydrogens is 449 g/mol. The van der Waals surface area contributed by atoms with E-state index < -0.39 is 18.2 Å². The van der Waals surface area contributed by atoms with Crippen LogP contribution in [0.15, 0.2) is 72.8 Å². The van der Waals surface area contributed by atoms with Gasteiger partial charge in [0.15, 0.2) is 0 Å². The quantitative estimate of drug-likeness (QED) is 0.529. The van der Waals surface area contributed by atoms with E-state index in [4.69, 9.17) is 27.9 Å². The molecule has 1 amide bonds. The third-order valence-electron chi connectivity index (χ3n) is 5.64. The van der Waals surface area contributed by atoms with E-state index >= 15 is 0 Å². The minimum Gasteiger partial charge on any atom is -0.478 e. The van der Waals surface area contributed by atoms with Crippen LogP contribution in [0.25, 0.3) is 0 Å². The van der Waals surface area contributed by atoms with Crippen molar-refractivity contribution in [1.29, 1.82) is 0 Å². The number of likely N-dealkylation sites (N-methyl/N-ethyl adjacent to an activating group) is 1. The van der Waals surface area contributed by atoms with Crippen molar-refractivity contribution in [2.24, 2.45) is 0 Å². The number of ether oxygens (including phenoxy) is 1. The van der Waals surface area contributed by atoms with E-state index in [1.165, 1.54) is 6.07 Å². The molecule has 1 aliphatic heterocycles. The van der Waals surface area contributed by atoms with E-state index in [0.29, 0.717) is 10.0 Å². The summed E-state index contributed by atoms with van der Waals surface area (Å²) in [4.78, 5) is 26.3. The van der Waals surface area contributed by atoms with Crippen molar-refractivity contribution in [1.82, 2.24) is 4.90 Å². The zero-order valence-corrected chi connectivity index (χ0v) is 18.8. The van der Waals surface area contributed by atoms with Gasteiger partial charge in [0.05, 0.1) is 11.6 Å². The van der Waals surface area contributed by atoms with Crippen LogP contribution in [-0.2, 0) is 16.0 Å². The fourth-order valence-corrected chi connectivity index (χ4v) is 4.28. The molecule has 1 saturated heterocycles. The highest BCUT2D eigenvalue weighted by molar-refractivity contribution is 6.30. The second-order valence-corrected chi connectivity index (χ2v) is 8.62. The van der Waals surface area contributed by atoms with Gasteiger partial charge in [-0.2, -0.15) is 0 Å². The Morgan fingerprint density at radius 2 is 1.56 bits per heavy atom. The standard InChI is InChI=1S/C25H21Cl2NO4/c1-28-22(16-5-9-19(26)10-6-16)23(17-7-11-20(27)12-8-17)32-21(24(28)29)14-15-3-2-4-18(13-15)25(30)31/h2-13,21-23H,14H2,1H3,(H,30,31)/t21-,22+,23-/m0/s1. The van der Waals surface area contributed by atoms with Crippen molar-refractivity contribution in [2.75, 3.05) is 7.05 Å². The van der Waals surface area contributed by atoms with Crippen molar-refractivity contribution >= 4 is 35.1 Å². The second kappa shape index (κ2) is 9.33. The molecule has 1 aliphatic rings. The first-order chi connectivity index (χ1) is 15.3. The smallest absolute Gasteiger partial charge is 0.335 e. The Balaban J connectivity index is 1.69. The predicted molar refractivity (Wildman–Crippen MR) is 123 cm³/mol. The number of rotatable bonds is 5. The highest BCUT2D eigenvalue weighted by Gasteiger charge is 2.42. The lowest BCUT2D eigenvalue weighted by molar-refractivity contribution is -0.171. The van der Waals surface area contributed by atoms with Crippen LogP contribution in [0.2, 0.25) is 10.0 Å². The largest absolute Gasteiger partial charge is 0.478 e. The summed E-state index contributed by atoms with van der Waals surface area (Å²) in [6, 6.07) is 20.9. The molecule has 0 aliphatic carbocycles. The van der Waals surface area contributed by atoms with E-state index in [1.807, 2.05) is 24.3 Å². The first-order valence-electron chi connectivity index (χ1n) is 10.1. The monoisotopic (exact) mass is 469 g/mol. The van der Waals surface area contributed by atoms with Gasteiger partial charge >= 0.3 is 5.97 Å². The van der Waals surface area contributed by atoms with Crippen LogP contribution < -0.4 is 0 Å². The van der Waals surface area contributed by atoms with E-state index in [0.717, 1.165) is 16.7 Å². The molecule has 3 aromatic rings. The summed E-state index contributed by atoms with van der Waals surface area (Å²) >= 11 is 12.1. The Hall–Kier alpha value is -2.86. The Bertz CT molecular complexity index is 1130. The SMILES string of the molecule is CN1C(=O)[C@H](Cc2cccc(C(=O)O)c2)O[C@@H](c2ccc(Cl)cc2)[C@H]1c1ccc(Cl)cc1. The number of carbonyl (C=O) groups excluding carboxylic acids is 1. The molecule has 3 atom stereocenters. The van der Waals surface area contributed by atoms with Crippen molar-refractivity contribution in [3.8, 4) is 0 Å². The van der Waals surface area contributed by atoms with Gasteiger partial charge < -0.3 is 14.7 Å². The zero-order valence-electron chi connectivity index (χ0n) is 17.2. The molecule has 32 heavy (non-hydrogen) atoms. The number of aromatic carboxylic acids is 1. The van der Waals surface area contributed by atoms with Crippen LogP contribution in [0.1, 0.15) is 39.2 Å². The van der Waals surface area contributed by atoms with Gasteiger partial charge in [-0.15, -0.1) is 0 Å². The van der Waals surface area contributed by atoms with Gasteiger partial charge in [-0.1, -0.05) is 59.6 Å². The molecule has 0 bridgehead atoms. The normalized spacial score (nSPS) is 20.9. The third-order valence-corrected chi connectivity index (χ3v) is 6.15. The van der Waals surface area contributed by atoms with E-state index in [1.54, 1.807) is 54.4 Å². The number of carboxylic acid groups (broad SMARTS) is 1. The molecule has 0 saturated carbocycles. The lowest BCUT2D eigenvalue weighted by Gasteiger charge is -2.43. The van der Waals surface area contributed by atoms with Crippen LogP contribution in [0.4, 0.5) is 0 Å². The van der Waals surface area contributed by atoms with Crippen molar-refractivity contribution in [3.05, 3.63) is 105 Å². The van der Waals surface area contributed by atoms with Gasteiger partial charge in [-0.3, -0.25) is 4.79 Å². The van der Waals surface area contributed by atoms with E-state index in [-0.39, 0.29) is 23.9 Å². The number of halogens is 2. The highest BCUT2D eigenvalue weighted by atomic mass is 35.5. The van der Waals surface area contributed by atoms with Crippen LogP contribution in [0, 0.1) is 0 Å². The number of amides is 1. The van der Waals surface area contributed by atoms with Gasteiger partial charge in [-0.25, -0.2) is 4.79 Å². The third kappa shape index (κ3) is 4.65. The average Bonchev–Trinajstić information content (AvgIpc) is 2.78. The number of nitrogens with zero attached hydrogens (tertiary/aromatic N) is 1. The number of carbonyl (C=O) groups is 2. The van der Waals surface area contributed by atoms with E-state index in [2.05, 4.69) is 0 Å². The zero-order chi connectivity index (χ0) is 22.8. The molecule has 0 unspecified atom stereocenters. The summed E-state index contributed by atoms with van der Waals surface area (Å²) < 4.78 is 6.38. The average molecular weight is 470 g/mol. The maximum absolute atomic E-state index is 13.3. The number of morpholine rings is 1. The van der Waals surface area contributed by atoms with Crippen molar-refractivity contribution in [3.63, 3.8) is 0 Å². The summed E-state index contributed by atoms with van der Waals surface area (Å²) in [6.45, 7) is 0. The van der Waals surface area contributed by atoms with Gasteiger partial charge in [-0.05, 0) is 53.1 Å². The van der Waals surface area contributed by atoms with Gasteiger partial charge in [0.2, 0.25) is 0 Å². The maximum Gasteiger partial charge on any atom is 0.335 e. The van der Waals surface area contributed by atoms with Crippen LogP contribution >= 0.6 is 23.2 Å². The Labute approximate surface area is 196 Å². The minimum atomic E-state index is -1.01. The van der Waals surface area contributed by atoms with Crippen LogP contribution in [-0.4, -0.2) is 35.0 Å². The van der Waals surface area contributed by atoms with Crippen LogP contribution in [0.5, 0.6) is 0 Å². The predicted octanol–water partition coefficient (Wildman–Crippen LogP) is 5.57.